The van der Waals surface area contributed by atoms with Gasteiger partial charge in [0, 0.05) is 5.02 Å². The molecule has 6 nitrogen and oxygen atoms in total. The molecule has 0 bridgehead atoms. The molecule has 180 valence electrons. The zero-order chi connectivity index (χ0) is 24.9. The molecule has 3 rings (SSSR count). The summed E-state index contributed by atoms with van der Waals surface area (Å²) in [6, 6.07) is 18.5. The van der Waals surface area contributed by atoms with E-state index in [0.29, 0.717) is 22.7 Å². The lowest BCUT2D eigenvalue weighted by molar-refractivity contribution is -0.120. The second-order valence-corrected chi connectivity index (χ2v) is 10.3. The van der Waals surface area contributed by atoms with Gasteiger partial charge < -0.3 is 10.1 Å². The lowest BCUT2D eigenvalue weighted by Gasteiger charge is -2.27. The maximum atomic E-state index is 13.5. The summed E-state index contributed by atoms with van der Waals surface area (Å²) in [5.74, 6) is 0.359. The Bertz CT molecular complexity index is 1260. The molecule has 1 N–H and O–H groups in total. The van der Waals surface area contributed by atoms with E-state index in [4.69, 9.17) is 16.3 Å². The van der Waals surface area contributed by atoms with Gasteiger partial charge in [0.2, 0.25) is 5.91 Å². The van der Waals surface area contributed by atoms with E-state index in [1.807, 2.05) is 32.0 Å². The van der Waals surface area contributed by atoms with E-state index < -0.39 is 15.9 Å². The van der Waals surface area contributed by atoms with Crippen LogP contribution in [0.4, 0.5) is 5.69 Å². The SMILES string of the molecule is CCC(NC(=O)CN(c1ccc(Cl)cc1C)S(=O)(=O)c1ccccc1)c1ccc(OC)c(C)c1. The number of benzene rings is 3. The average Bonchev–Trinajstić information content (AvgIpc) is 2.82. The molecular weight excluding hydrogens is 472 g/mol. The van der Waals surface area contributed by atoms with Crippen LogP contribution in [0, 0.1) is 13.8 Å². The summed E-state index contributed by atoms with van der Waals surface area (Å²) < 4.78 is 33.5. The van der Waals surface area contributed by atoms with Crippen molar-refractivity contribution < 1.29 is 17.9 Å². The van der Waals surface area contributed by atoms with E-state index in [1.165, 1.54) is 12.1 Å². The van der Waals surface area contributed by atoms with Gasteiger partial charge in [-0.3, -0.25) is 9.10 Å². The van der Waals surface area contributed by atoms with Crippen LogP contribution in [0.3, 0.4) is 0 Å². The minimum Gasteiger partial charge on any atom is -0.496 e. The first-order valence-corrected chi connectivity index (χ1v) is 12.8. The maximum absolute atomic E-state index is 13.5. The minimum absolute atomic E-state index is 0.106. The highest BCUT2D eigenvalue weighted by Crippen LogP contribution is 2.29. The fourth-order valence-corrected chi connectivity index (χ4v) is 5.56. The Morgan fingerprint density at radius 3 is 2.32 bits per heavy atom. The minimum atomic E-state index is -3.99. The standard InChI is InChI=1S/C26H29ClN2O4S/c1-5-23(20-11-14-25(33-4)19(3)15-20)28-26(30)17-29(24-13-12-21(27)16-18(24)2)34(31,32)22-9-7-6-8-10-22/h6-16,23H,5,17H2,1-4H3,(H,28,30). The average molecular weight is 501 g/mol. The Balaban J connectivity index is 1.93. The smallest absolute Gasteiger partial charge is 0.264 e. The molecular formula is C26H29ClN2O4S. The molecule has 8 heteroatoms. The van der Waals surface area contributed by atoms with Crippen molar-refractivity contribution in [3.63, 3.8) is 0 Å². The number of aryl methyl sites for hydroxylation is 2. The van der Waals surface area contributed by atoms with Crippen LogP contribution in [-0.2, 0) is 14.8 Å². The highest BCUT2D eigenvalue weighted by atomic mass is 35.5. The zero-order valence-corrected chi connectivity index (χ0v) is 21.3. The molecule has 1 unspecified atom stereocenters. The van der Waals surface area contributed by atoms with Crippen LogP contribution in [-0.4, -0.2) is 28.0 Å². The number of halogens is 1. The normalized spacial score (nSPS) is 12.1. The van der Waals surface area contributed by atoms with Gasteiger partial charge in [-0.15, -0.1) is 0 Å². The maximum Gasteiger partial charge on any atom is 0.264 e. The summed E-state index contributed by atoms with van der Waals surface area (Å²) in [6.07, 6.45) is 0.642. The van der Waals surface area contributed by atoms with E-state index >= 15 is 0 Å². The number of amides is 1. The lowest BCUT2D eigenvalue weighted by atomic mass is 10.0. The largest absolute Gasteiger partial charge is 0.496 e. The fourth-order valence-electron chi connectivity index (χ4n) is 3.83. The molecule has 0 aliphatic heterocycles. The summed E-state index contributed by atoms with van der Waals surface area (Å²) in [5.41, 5.74) is 2.93. The first kappa shape index (κ1) is 25.6. The van der Waals surface area contributed by atoms with Gasteiger partial charge in [0.05, 0.1) is 23.7 Å². The summed E-state index contributed by atoms with van der Waals surface area (Å²) >= 11 is 6.09. The first-order valence-electron chi connectivity index (χ1n) is 10.9. The second kappa shape index (κ2) is 10.9. The van der Waals surface area contributed by atoms with Gasteiger partial charge in [-0.1, -0.05) is 48.9 Å². The number of anilines is 1. The van der Waals surface area contributed by atoms with Crippen molar-refractivity contribution >= 4 is 33.2 Å². The van der Waals surface area contributed by atoms with Crippen molar-refractivity contribution in [2.24, 2.45) is 0 Å². The van der Waals surface area contributed by atoms with Gasteiger partial charge in [-0.05, 0) is 73.4 Å². The molecule has 0 aromatic heterocycles. The lowest BCUT2D eigenvalue weighted by Crippen LogP contribution is -2.42. The number of carbonyl (C=O) groups is 1. The number of sulfonamides is 1. The van der Waals surface area contributed by atoms with Crippen molar-refractivity contribution in [2.75, 3.05) is 18.0 Å². The number of nitrogens with zero attached hydrogens (tertiary/aromatic N) is 1. The van der Waals surface area contributed by atoms with Crippen LogP contribution in [0.2, 0.25) is 5.02 Å². The Morgan fingerprint density at radius 1 is 1.03 bits per heavy atom. The topological polar surface area (TPSA) is 75.7 Å². The van der Waals surface area contributed by atoms with Crippen LogP contribution < -0.4 is 14.4 Å². The number of ether oxygens (including phenoxy) is 1. The molecule has 0 saturated heterocycles. The number of rotatable bonds is 9. The van der Waals surface area contributed by atoms with Gasteiger partial charge in [0.1, 0.15) is 12.3 Å². The van der Waals surface area contributed by atoms with Crippen LogP contribution in [0.25, 0.3) is 0 Å². The Hall–Kier alpha value is -3.03. The zero-order valence-electron chi connectivity index (χ0n) is 19.7. The van der Waals surface area contributed by atoms with Gasteiger partial charge in [-0.2, -0.15) is 0 Å². The van der Waals surface area contributed by atoms with Crippen LogP contribution in [0.1, 0.15) is 36.1 Å². The molecule has 0 fully saturated rings. The first-order chi connectivity index (χ1) is 16.2. The molecule has 0 radical (unpaired) electrons. The van der Waals surface area contributed by atoms with Crippen molar-refractivity contribution in [3.8, 4) is 5.75 Å². The Labute approximate surface area is 206 Å². The van der Waals surface area contributed by atoms with Crippen LogP contribution in [0.5, 0.6) is 5.75 Å². The molecule has 34 heavy (non-hydrogen) atoms. The van der Waals surface area contributed by atoms with Gasteiger partial charge >= 0.3 is 0 Å². The van der Waals surface area contributed by atoms with Crippen LogP contribution in [0.15, 0.2) is 71.6 Å². The third-order valence-corrected chi connectivity index (χ3v) is 7.62. The van der Waals surface area contributed by atoms with Gasteiger partial charge in [0.25, 0.3) is 10.0 Å². The highest BCUT2D eigenvalue weighted by Gasteiger charge is 2.29. The van der Waals surface area contributed by atoms with E-state index in [0.717, 1.165) is 21.2 Å². The molecule has 1 atom stereocenters. The Kier molecular flexibility index (Phi) is 8.23. The summed E-state index contributed by atoms with van der Waals surface area (Å²) in [7, 11) is -2.38. The number of nitrogens with one attached hydrogen (secondary N) is 1. The monoisotopic (exact) mass is 500 g/mol. The van der Waals surface area contributed by atoms with Gasteiger partial charge in [-0.25, -0.2) is 8.42 Å². The summed E-state index contributed by atoms with van der Waals surface area (Å²) in [6.45, 7) is 5.30. The van der Waals surface area contributed by atoms with E-state index in [1.54, 1.807) is 50.4 Å². The molecule has 3 aromatic rings. The van der Waals surface area contributed by atoms with Gasteiger partial charge in [0.15, 0.2) is 0 Å². The third kappa shape index (κ3) is 5.72. The number of methoxy groups -OCH3 is 1. The summed E-state index contributed by atoms with van der Waals surface area (Å²) in [4.78, 5) is 13.3. The third-order valence-electron chi connectivity index (χ3n) is 5.61. The highest BCUT2D eigenvalue weighted by molar-refractivity contribution is 7.92. The second-order valence-electron chi connectivity index (χ2n) is 8.01. The summed E-state index contributed by atoms with van der Waals surface area (Å²) in [5, 5.41) is 3.48. The predicted molar refractivity (Wildman–Crippen MR) is 136 cm³/mol. The van der Waals surface area contributed by atoms with E-state index in [-0.39, 0.29) is 17.5 Å². The van der Waals surface area contributed by atoms with E-state index in [2.05, 4.69) is 5.32 Å². The number of hydrogen-bond acceptors (Lipinski definition) is 4. The van der Waals surface area contributed by atoms with Crippen molar-refractivity contribution in [1.29, 1.82) is 0 Å². The molecule has 0 heterocycles. The quantitative estimate of drug-likeness (QED) is 0.425. The van der Waals surface area contributed by atoms with Crippen molar-refractivity contribution in [1.82, 2.24) is 5.32 Å². The van der Waals surface area contributed by atoms with E-state index in [9.17, 15) is 13.2 Å². The molecule has 0 aliphatic carbocycles. The molecule has 3 aromatic carbocycles. The predicted octanol–water partition coefficient (Wildman–Crippen LogP) is 5.43. The van der Waals surface area contributed by atoms with Crippen molar-refractivity contribution in [2.45, 2.75) is 38.1 Å². The molecule has 1 amide bonds. The molecule has 0 spiro atoms. The Morgan fingerprint density at radius 2 is 1.74 bits per heavy atom. The van der Waals surface area contributed by atoms with Crippen molar-refractivity contribution in [3.05, 3.63) is 88.4 Å². The molecule has 0 aliphatic rings. The fraction of sp³-hybridized carbons (Fsp3) is 0.269. The van der Waals surface area contributed by atoms with Crippen LogP contribution >= 0.6 is 11.6 Å². The number of hydrogen-bond donors (Lipinski definition) is 1. The number of carbonyl (C=O) groups excluding carboxylic acids is 1. The molecule has 0 saturated carbocycles.